The summed E-state index contributed by atoms with van der Waals surface area (Å²) in [5.41, 5.74) is -0.291. The van der Waals surface area contributed by atoms with Crippen LogP contribution in [0.15, 0.2) is 18.2 Å². The monoisotopic (exact) mass is 348 g/mol. The lowest BCUT2D eigenvalue weighted by Gasteiger charge is -2.37. The number of nitrogens with zero attached hydrogens (tertiary/aromatic N) is 2. The number of carbonyl (C=O) groups is 1. The van der Waals surface area contributed by atoms with Crippen LogP contribution in [-0.2, 0) is 4.79 Å². The molecule has 0 saturated carbocycles. The molecule has 0 N–H and O–H groups in total. The Bertz CT molecular complexity index is 604. The van der Waals surface area contributed by atoms with Crippen LogP contribution < -0.4 is 14.2 Å². The average molecular weight is 348 g/mol. The number of fused-ring (bicyclic) bond motifs is 1. The number of ether oxygens (including phenoxy) is 3. The fraction of sp³-hybridized carbons (Fsp3) is 0.632. The van der Waals surface area contributed by atoms with Crippen LogP contribution in [0.25, 0.3) is 0 Å². The lowest BCUT2D eigenvalue weighted by atomic mass is 9.94. The highest BCUT2D eigenvalue weighted by Crippen LogP contribution is 2.35. The minimum Gasteiger partial charge on any atom is -0.493 e. The Morgan fingerprint density at radius 3 is 2.56 bits per heavy atom. The average Bonchev–Trinajstić information content (AvgIpc) is 3.05. The van der Waals surface area contributed by atoms with Gasteiger partial charge < -0.3 is 19.1 Å². The summed E-state index contributed by atoms with van der Waals surface area (Å²) in [7, 11) is 0. The van der Waals surface area contributed by atoms with Gasteiger partial charge in [0.1, 0.15) is 5.75 Å². The number of carbonyl (C=O) groups excluding carboxylic acids is 1. The highest BCUT2D eigenvalue weighted by Gasteiger charge is 2.29. The summed E-state index contributed by atoms with van der Waals surface area (Å²) in [5, 5.41) is 0. The van der Waals surface area contributed by atoms with Crippen LogP contribution in [-0.4, -0.2) is 61.8 Å². The third-order valence-corrected chi connectivity index (χ3v) is 4.53. The molecule has 6 heteroatoms. The number of hydrogen-bond acceptors (Lipinski definition) is 5. The Hall–Kier alpha value is -1.95. The first-order valence-electron chi connectivity index (χ1n) is 8.98. The number of amides is 1. The number of benzene rings is 1. The van der Waals surface area contributed by atoms with E-state index in [0.717, 1.165) is 56.4 Å². The van der Waals surface area contributed by atoms with Gasteiger partial charge in [-0.2, -0.15) is 0 Å². The first-order chi connectivity index (χ1) is 11.9. The Kier molecular flexibility index (Phi) is 5.37. The summed E-state index contributed by atoms with van der Waals surface area (Å²) in [6.07, 6.45) is 0.960. The molecule has 1 fully saturated rings. The summed E-state index contributed by atoms with van der Waals surface area (Å²) in [4.78, 5) is 16.7. The van der Waals surface area contributed by atoms with Crippen LogP contribution >= 0.6 is 0 Å². The van der Waals surface area contributed by atoms with Crippen LogP contribution in [0.3, 0.4) is 0 Å². The van der Waals surface area contributed by atoms with Gasteiger partial charge in [-0.1, -0.05) is 20.8 Å². The second-order valence-corrected chi connectivity index (χ2v) is 7.60. The van der Waals surface area contributed by atoms with Crippen molar-refractivity contribution in [2.45, 2.75) is 27.2 Å². The van der Waals surface area contributed by atoms with E-state index < -0.39 is 0 Å². The third-order valence-electron chi connectivity index (χ3n) is 4.53. The van der Waals surface area contributed by atoms with E-state index in [9.17, 15) is 4.79 Å². The molecule has 1 amide bonds. The van der Waals surface area contributed by atoms with Crippen molar-refractivity contribution in [1.29, 1.82) is 0 Å². The van der Waals surface area contributed by atoms with Crippen molar-refractivity contribution in [2.75, 3.05) is 46.1 Å². The molecular weight excluding hydrogens is 320 g/mol. The van der Waals surface area contributed by atoms with Crippen molar-refractivity contribution in [2.24, 2.45) is 5.41 Å². The fourth-order valence-corrected chi connectivity index (χ4v) is 3.09. The fourth-order valence-electron chi connectivity index (χ4n) is 3.09. The largest absolute Gasteiger partial charge is 0.493 e. The van der Waals surface area contributed by atoms with Crippen LogP contribution in [0.5, 0.6) is 17.2 Å². The normalized spacial score (nSPS) is 17.6. The maximum Gasteiger partial charge on any atom is 0.231 e. The van der Waals surface area contributed by atoms with Crippen molar-refractivity contribution < 1.29 is 19.0 Å². The van der Waals surface area contributed by atoms with Gasteiger partial charge in [0.25, 0.3) is 0 Å². The Labute approximate surface area is 149 Å². The molecule has 1 saturated heterocycles. The molecule has 0 atom stereocenters. The SMILES string of the molecule is CC(C)(C)C(=O)N1CCN(CCCOc2ccc3c(c2)OCO3)CC1. The van der Waals surface area contributed by atoms with E-state index in [1.165, 1.54) is 0 Å². The standard InChI is InChI=1S/C19H28N2O4/c1-19(2,3)18(22)21-10-8-20(9-11-21)7-4-12-23-15-5-6-16-17(13-15)25-14-24-16/h5-6,13H,4,7-12,14H2,1-3H3. The summed E-state index contributed by atoms with van der Waals surface area (Å²) < 4.78 is 16.4. The van der Waals surface area contributed by atoms with Crippen molar-refractivity contribution in [3.05, 3.63) is 18.2 Å². The van der Waals surface area contributed by atoms with Gasteiger partial charge in [0.15, 0.2) is 11.5 Å². The first-order valence-corrected chi connectivity index (χ1v) is 8.98. The first kappa shape index (κ1) is 17.9. The smallest absolute Gasteiger partial charge is 0.231 e. The summed E-state index contributed by atoms with van der Waals surface area (Å²) in [6, 6.07) is 5.66. The van der Waals surface area contributed by atoms with Gasteiger partial charge in [-0.15, -0.1) is 0 Å². The summed E-state index contributed by atoms with van der Waals surface area (Å²) >= 11 is 0. The molecule has 2 aliphatic heterocycles. The molecule has 0 aliphatic carbocycles. The van der Waals surface area contributed by atoms with Gasteiger partial charge >= 0.3 is 0 Å². The maximum atomic E-state index is 12.3. The van der Waals surface area contributed by atoms with E-state index in [4.69, 9.17) is 14.2 Å². The summed E-state index contributed by atoms with van der Waals surface area (Å²) in [6.45, 7) is 11.4. The van der Waals surface area contributed by atoms with Gasteiger partial charge in [0.05, 0.1) is 6.61 Å². The Morgan fingerprint density at radius 2 is 1.84 bits per heavy atom. The van der Waals surface area contributed by atoms with Crippen molar-refractivity contribution in [3.8, 4) is 17.2 Å². The highest BCUT2D eigenvalue weighted by atomic mass is 16.7. The maximum absolute atomic E-state index is 12.3. The molecule has 1 aromatic carbocycles. The molecule has 3 rings (SSSR count). The molecule has 1 aromatic rings. The van der Waals surface area contributed by atoms with Crippen molar-refractivity contribution >= 4 is 5.91 Å². The lowest BCUT2D eigenvalue weighted by Crippen LogP contribution is -2.51. The van der Waals surface area contributed by atoms with Gasteiger partial charge in [-0.3, -0.25) is 9.69 Å². The van der Waals surface area contributed by atoms with E-state index in [1.807, 2.05) is 43.9 Å². The van der Waals surface area contributed by atoms with Gasteiger partial charge in [0.2, 0.25) is 12.7 Å². The topological polar surface area (TPSA) is 51.2 Å². The highest BCUT2D eigenvalue weighted by molar-refractivity contribution is 5.81. The molecule has 2 aliphatic rings. The van der Waals surface area contributed by atoms with Crippen LogP contribution in [0, 0.1) is 5.41 Å². The third kappa shape index (κ3) is 4.57. The van der Waals surface area contributed by atoms with E-state index in [1.54, 1.807) is 0 Å². The molecule has 25 heavy (non-hydrogen) atoms. The Morgan fingerprint density at radius 1 is 1.12 bits per heavy atom. The summed E-state index contributed by atoms with van der Waals surface area (Å²) in [5.74, 6) is 2.58. The van der Waals surface area contributed by atoms with E-state index in [2.05, 4.69) is 4.90 Å². The van der Waals surface area contributed by atoms with E-state index in [-0.39, 0.29) is 18.1 Å². The zero-order valence-electron chi connectivity index (χ0n) is 15.4. The lowest BCUT2D eigenvalue weighted by molar-refractivity contribution is -0.141. The Balaban J connectivity index is 1.34. The van der Waals surface area contributed by atoms with Crippen molar-refractivity contribution in [1.82, 2.24) is 9.80 Å². The predicted octanol–water partition coefficient (Wildman–Crippen LogP) is 2.37. The zero-order chi connectivity index (χ0) is 17.9. The van der Waals surface area contributed by atoms with Crippen LogP contribution in [0.4, 0.5) is 0 Å². The predicted molar refractivity (Wildman–Crippen MR) is 95.2 cm³/mol. The number of rotatable bonds is 5. The molecule has 6 nitrogen and oxygen atoms in total. The molecule has 0 bridgehead atoms. The van der Waals surface area contributed by atoms with Gasteiger partial charge in [0, 0.05) is 44.2 Å². The zero-order valence-corrected chi connectivity index (χ0v) is 15.4. The molecule has 138 valence electrons. The molecule has 0 spiro atoms. The van der Waals surface area contributed by atoms with Crippen molar-refractivity contribution in [3.63, 3.8) is 0 Å². The minimum atomic E-state index is -0.291. The molecule has 0 aromatic heterocycles. The number of hydrogen-bond donors (Lipinski definition) is 0. The molecule has 2 heterocycles. The van der Waals surface area contributed by atoms with Crippen LogP contribution in [0.2, 0.25) is 0 Å². The second kappa shape index (κ2) is 7.52. The van der Waals surface area contributed by atoms with Gasteiger partial charge in [-0.05, 0) is 18.6 Å². The minimum absolute atomic E-state index is 0.248. The molecule has 0 unspecified atom stereocenters. The molecular formula is C19H28N2O4. The molecule has 0 radical (unpaired) electrons. The van der Waals surface area contributed by atoms with Gasteiger partial charge in [-0.25, -0.2) is 0 Å². The second-order valence-electron chi connectivity index (χ2n) is 7.60. The van der Waals surface area contributed by atoms with Crippen LogP contribution in [0.1, 0.15) is 27.2 Å². The number of piperazine rings is 1. The van der Waals surface area contributed by atoms with E-state index in [0.29, 0.717) is 6.61 Å². The quantitative estimate of drug-likeness (QED) is 0.765. The van der Waals surface area contributed by atoms with E-state index >= 15 is 0 Å².